The van der Waals surface area contributed by atoms with E-state index >= 15 is 0 Å². The van der Waals surface area contributed by atoms with Crippen LogP contribution in [0.25, 0.3) is 10.9 Å². The van der Waals surface area contributed by atoms with Crippen molar-refractivity contribution in [1.29, 1.82) is 0 Å². The average molecular weight is 350 g/mol. The number of nitrogens with zero attached hydrogens (tertiary/aromatic N) is 1. The Kier molecular flexibility index (Phi) is 5.07. The lowest BCUT2D eigenvalue weighted by molar-refractivity contribution is 0.0594. The highest BCUT2D eigenvalue weighted by Crippen LogP contribution is 2.33. The van der Waals surface area contributed by atoms with Crippen LogP contribution in [0.1, 0.15) is 28.5 Å². The Labute approximate surface area is 153 Å². The lowest BCUT2D eigenvalue weighted by Crippen LogP contribution is -2.06. The van der Waals surface area contributed by atoms with E-state index in [0.717, 1.165) is 40.0 Å². The van der Waals surface area contributed by atoms with Crippen molar-refractivity contribution in [2.24, 2.45) is 0 Å². The number of aromatic nitrogens is 1. The van der Waals surface area contributed by atoms with Crippen molar-refractivity contribution >= 4 is 28.2 Å². The van der Waals surface area contributed by atoms with Crippen molar-refractivity contribution in [2.75, 3.05) is 19.5 Å². The fourth-order valence-corrected chi connectivity index (χ4v) is 2.87. The molecule has 0 fully saturated rings. The Hall–Kier alpha value is -3.08. The molecule has 0 aliphatic rings. The monoisotopic (exact) mass is 350 g/mol. The molecule has 0 unspecified atom stereocenters. The minimum Gasteiger partial charge on any atom is -0.495 e. The summed E-state index contributed by atoms with van der Waals surface area (Å²) < 4.78 is 10.3. The predicted molar refractivity (Wildman–Crippen MR) is 103 cm³/mol. The normalized spacial score (nSPS) is 10.6. The minimum atomic E-state index is -0.467. The third kappa shape index (κ3) is 3.47. The summed E-state index contributed by atoms with van der Waals surface area (Å²) in [5.41, 5.74) is 4.92. The molecule has 0 saturated carbocycles. The summed E-state index contributed by atoms with van der Waals surface area (Å²) in [6.45, 7) is 4.12. The first kappa shape index (κ1) is 17.7. The van der Waals surface area contributed by atoms with Gasteiger partial charge in [0, 0.05) is 5.39 Å². The highest BCUT2D eigenvalue weighted by molar-refractivity contribution is 5.99. The van der Waals surface area contributed by atoms with Gasteiger partial charge < -0.3 is 14.8 Å². The fraction of sp³-hybridized carbons (Fsp3) is 0.238. The number of hydrogen-bond acceptors (Lipinski definition) is 5. The summed E-state index contributed by atoms with van der Waals surface area (Å²) in [4.78, 5) is 16.5. The van der Waals surface area contributed by atoms with Crippen LogP contribution in [0, 0.1) is 6.92 Å². The zero-order chi connectivity index (χ0) is 18.7. The van der Waals surface area contributed by atoms with Crippen molar-refractivity contribution in [3.05, 3.63) is 59.3 Å². The molecule has 5 heteroatoms. The molecule has 0 aliphatic carbocycles. The van der Waals surface area contributed by atoms with Crippen molar-refractivity contribution in [3.63, 3.8) is 0 Å². The highest BCUT2D eigenvalue weighted by atomic mass is 16.5. The summed E-state index contributed by atoms with van der Waals surface area (Å²) in [7, 11) is 2.99. The summed E-state index contributed by atoms with van der Waals surface area (Å²) in [5, 5.41) is 4.35. The van der Waals surface area contributed by atoms with Crippen molar-refractivity contribution < 1.29 is 14.3 Å². The first-order valence-electron chi connectivity index (χ1n) is 8.49. The molecule has 3 rings (SSSR count). The smallest absolute Gasteiger partial charge is 0.356 e. The van der Waals surface area contributed by atoms with Crippen LogP contribution in [0.5, 0.6) is 5.75 Å². The van der Waals surface area contributed by atoms with Crippen molar-refractivity contribution in [2.45, 2.75) is 20.3 Å². The SMILES string of the molecule is CCc1ccc2nc(C(=O)OC)cc(Nc3cc(C)ccc3OC)c2c1. The first-order chi connectivity index (χ1) is 12.5. The summed E-state index contributed by atoms with van der Waals surface area (Å²) in [5.74, 6) is 0.262. The van der Waals surface area contributed by atoms with E-state index in [9.17, 15) is 4.79 Å². The molecule has 5 nitrogen and oxygen atoms in total. The van der Waals surface area contributed by atoms with E-state index in [4.69, 9.17) is 9.47 Å². The van der Waals surface area contributed by atoms with Crippen LogP contribution in [0.4, 0.5) is 11.4 Å². The van der Waals surface area contributed by atoms with E-state index in [-0.39, 0.29) is 5.69 Å². The molecule has 1 aromatic heterocycles. The number of ether oxygens (including phenoxy) is 2. The maximum Gasteiger partial charge on any atom is 0.356 e. The Morgan fingerprint density at radius 3 is 2.58 bits per heavy atom. The Bertz CT molecular complexity index is 967. The molecular formula is C21H22N2O3. The zero-order valence-electron chi connectivity index (χ0n) is 15.4. The van der Waals surface area contributed by atoms with Gasteiger partial charge in [-0.2, -0.15) is 0 Å². The molecule has 0 radical (unpaired) electrons. The molecule has 0 aliphatic heterocycles. The third-order valence-corrected chi connectivity index (χ3v) is 4.30. The van der Waals surface area contributed by atoms with Gasteiger partial charge in [-0.3, -0.25) is 0 Å². The maximum atomic E-state index is 12.0. The van der Waals surface area contributed by atoms with Gasteiger partial charge >= 0.3 is 5.97 Å². The van der Waals surface area contributed by atoms with Gasteiger partial charge in [0.15, 0.2) is 5.69 Å². The van der Waals surface area contributed by atoms with E-state index in [1.54, 1.807) is 13.2 Å². The second-order valence-corrected chi connectivity index (χ2v) is 6.08. The number of methoxy groups -OCH3 is 2. The second kappa shape index (κ2) is 7.44. The van der Waals surface area contributed by atoms with Gasteiger partial charge in [0.25, 0.3) is 0 Å². The Balaban J connectivity index is 2.19. The lowest BCUT2D eigenvalue weighted by atomic mass is 10.1. The number of hydrogen-bond donors (Lipinski definition) is 1. The van der Waals surface area contributed by atoms with Gasteiger partial charge in [-0.25, -0.2) is 9.78 Å². The molecule has 1 heterocycles. The highest BCUT2D eigenvalue weighted by Gasteiger charge is 2.14. The van der Waals surface area contributed by atoms with Crippen LogP contribution in [0.3, 0.4) is 0 Å². The van der Waals surface area contributed by atoms with Crippen LogP contribution in [0.15, 0.2) is 42.5 Å². The molecule has 26 heavy (non-hydrogen) atoms. The van der Waals surface area contributed by atoms with E-state index in [1.807, 2.05) is 37.3 Å². The van der Waals surface area contributed by atoms with Gasteiger partial charge in [0.05, 0.1) is 31.1 Å². The van der Waals surface area contributed by atoms with Gasteiger partial charge in [0.2, 0.25) is 0 Å². The number of benzene rings is 2. The number of anilines is 2. The molecule has 0 spiro atoms. The molecule has 0 amide bonds. The fourth-order valence-electron chi connectivity index (χ4n) is 2.87. The molecule has 0 bridgehead atoms. The number of pyridine rings is 1. The quantitative estimate of drug-likeness (QED) is 0.679. The second-order valence-electron chi connectivity index (χ2n) is 6.08. The summed E-state index contributed by atoms with van der Waals surface area (Å²) in [6.07, 6.45) is 0.919. The van der Waals surface area contributed by atoms with Crippen LogP contribution in [-0.4, -0.2) is 25.2 Å². The van der Waals surface area contributed by atoms with Gasteiger partial charge in [-0.1, -0.05) is 19.1 Å². The van der Waals surface area contributed by atoms with E-state index in [1.165, 1.54) is 12.7 Å². The molecule has 0 saturated heterocycles. The zero-order valence-corrected chi connectivity index (χ0v) is 15.4. The Morgan fingerprint density at radius 2 is 1.88 bits per heavy atom. The molecular weight excluding hydrogens is 328 g/mol. The van der Waals surface area contributed by atoms with E-state index in [2.05, 4.69) is 23.3 Å². The number of carbonyl (C=O) groups is 1. The molecule has 0 atom stereocenters. The van der Waals surface area contributed by atoms with Gasteiger partial charge in [0.1, 0.15) is 5.75 Å². The molecule has 134 valence electrons. The topological polar surface area (TPSA) is 60.5 Å². The van der Waals surface area contributed by atoms with Crippen LogP contribution >= 0.6 is 0 Å². The molecule has 1 N–H and O–H groups in total. The van der Waals surface area contributed by atoms with Gasteiger partial charge in [-0.05, 0) is 54.8 Å². The lowest BCUT2D eigenvalue weighted by Gasteiger charge is -2.15. The van der Waals surface area contributed by atoms with Crippen LogP contribution in [0.2, 0.25) is 0 Å². The van der Waals surface area contributed by atoms with E-state index in [0.29, 0.717) is 0 Å². The summed E-state index contributed by atoms with van der Waals surface area (Å²) >= 11 is 0. The molecule has 2 aromatic carbocycles. The number of rotatable bonds is 5. The predicted octanol–water partition coefficient (Wildman–Crippen LogP) is 4.64. The number of carbonyl (C=O) groups excluding carboxylic acids is 1. The van der Waals surface area contributed by atoms with Crippen molar-refractivity contribution in [3.8, 4) is 5.75 Å². The van der Waals surface area contributed by atoms with Crippen molar-refractivity contribution in [1.82, 2.24) is 4.98 Å². The standard InChI is InChI=1S/C21H22N2O3/c1-5-14-7-8-16-15(11-14)17(12-19(22-16)21(24)26-4)23-18-10-13(2)6-9-20(18)25-3/h6-12H,5H2,1-4H3,(H,22,23). The maximum absolute atomic E-state index is 12.0. The average Bonchev–Trinajstić information content (AvgIpc) is 2.67. The van der Waals surface area contributed by atoms with E-state index < -0.39 is 5.97 Å². The summed E-state index contributed by atoms with van der Waals surface area (Å²) in [6, 6.07) is 13.7. The van der Waals surface area contributed by atoms with Gasteiger partial charge in [-0.15, -0.1) is 0 Å². The number of esters is 1. The van der Waals surface area contributed by atoms with Crippen LogP contribution in [-0.2, 0) is 11.2 Å². The van der Waals surface area contributed by atoms with Crippen LogP contribution < -0.4 is 10.1 Å². The largest absolute Gasteiger partial charge is 0.495 e. The number of nitrogens with one attached hydrogen (secondary N) is 1. The number of fused-ring (bicyclic) bond motifs is 1. The number of aryl methyl sites for hydroxylation is 2. The minimum absolute atomic E-state index is 0.262. The third-order valence-electron chi connectivity index (χ3n) is 4.30. The first-order valence-corrected chi connectivity index (χ1v) is 8.49. The Morgan fingerprint density at radius 1 is 1.08 bits per heavy atom. The molecule has 3 aromatic rings.